The molecule has 1 saturated heterocycles. The zero-order valence-electron chi connectivity index (χ0n) is 13.3. The van der Waals surface area contributed by atoms with Gasteiger partial charge in [-0.3, -0.25) is 0 Å². The van der Waals surface area contributed by atoms with Crippen LogP contribution in [-0.4, -0.2) is 28.3 Å². The molecule has 1 aliphatic carbocycles. The summed E-state index contributed by atoms with van der Waals surface area (Å²) in [6.45, 7) is 3.91. The first-order valence-electron chi connectivity index (χ1n) is 8.09. The van der Waals surface area contributed by atoms with E-state index in [9.17, 15) is 4.79 Å². The van der Waals surface area contributed by atoms with Gasteiger partial charge in [0.05, 0.1) is 12.1 Å². The largest absolute Gasteiger partial charge is 0.421 e. The van der Waals surface area contributed by atoms with Gasteiger partial charge in [0.1, 0.15) is 0 Å². The number of amides is 2. The number of hydrogen-bond donors (Lipinski definition) is 2. The Labute approximate surface area is 134 Å². The van der Waals surface area contributed by atoms with Gasteiger partial charge in [-0.05, 0) is 49.3 Å². The molecule has 23 heavy (non-hydrogen) atoms. The van der Waals surface area contributed by atoms with E-state index in [2.05, 4.69) is 39.9 Å². The molecule has 1 aliphatic heterocycles. The van der Waals surface area contributed by atoms with Crippen molar-refractivity contribution < 1.29 is 9.21 Å². The number of hydrogen-bond acceptors (Lipinski definition) is 4. The van der Waals surface area contributed by atoms with Crippen LogP contribution in [0.3, 0.4) is 0 Å². The van der Waals surface area contributed by atoms with Crippen LogP contribution < -0.4 is 10.6 Å². The molecule has 1 aromatic heterocycles. The van der Waals surface area contributed by atoms with Gasteiger partial charge < -0.3 is 15.1 Å². The van der Waals surface area contributed by atoms with Crippen LogP contribution in [0.4, 0.5) is 4.79 Å². The summed E-state index contributed by atoms with van der Waals surface area (Å²) in [6, 6.07) is 6.73. The van der Waals surface area contributed by atoms with Crippen molar-refractivity contribution in [1.29, 1.82) is 0 Å². The number of rotatable bonds is 2. The monoisotopic (exact) mass is 312 g/mol. The van der Waals surface area contributed by atoms with Crippen molar-refractivity contribution in [2.24, 2.45) is 0 Å². The lowest BCUT2D eigenvalue weighted by molar-refractivity contribution is 0.247. The third-order valence-corrected chi connectivity index (χ3v) is 5.06. The quantitative estimate of drug-likeness (QED) is 0.893. The first-order chi connectivity index (χ1) is 11.1. The number of benzene rings is 1. The molecule has 6 heteroatoms. The molecule has 0 bridgehead atoms. The Morgan fingerprint density at radius 2 is 1.96 bits per heavy atom. The molecule has 1 saturated carbocycles. The van der Waals surface area contributed by atoms with Crippen molar-refractivity contribution in [1.82, 2.24) is 20.8 Å². The van der Waals surface area contributed by atoms with E-state index < -0.39 is 0 Å². The minimum absolute atomic E-state index is 0.0348. The van der Waals surface area contributed by atoms with Crippen LogP contribution in [0.1, 0.15) is 42.2 Å². The SMILES string of the molecule is Cc1nnc(-c2cccc(C3CCC4NC(=O)NC4C3)c2C)o1. The molecule has 3 unspecified atom stereocenters. The lowest BCUT2D eigenvalue weighted by Crippen LogP contribution is -2.39. The van der Waals surface area contributed by atoms with E-state index in [1.54, 1.807) is 6.92 Å². The number of nitrogens with zero attached hydrogens (tertiary/aromatic N) is 2. The van der Waals surface area contributed by atoms with Crippen molar-refractivity contribution in [3.8, 4) is 11.5 Å². The average molecular weight is 312 g/mol. The molecule has 120 valence electrons. The Kier molecular flexibility index (Phi) is 3.32. The lowest BCUT2D eigenvalue weighted by Gasteiger charge is -2.31. The van der Waals surface area contributed by atoms with Crippen LogP contribution >= 0.6 is 0 Å². The van der Waals surface area contributed by atoms with Gasteiger partial charge in [0.15, 0.2) is 0 Å². The number of aromatic nitrogens is 2. The highest BCUT2D eigenvalue weighted by Gasteiger charge is 2.38. The Morgan fingerprint density at radius 3 is 2.74 bits per heavy atom. The summed E-state index contributed by atoms with van der Waals surface area (Å²) in [4.78, 5) is 11.5. The maximum Gasteiger partial charge on any atom is 0.315 e. The molecule has 2 heterocycles. The van der Waals surface area contributed by atoms with E-state index in [0.717, 1.165) is 24.8 Å². The number of nitrogens with one attached hydrogen (secondary N) is 2. The van der Waals surface area contributed by atoms with Crippen molar-refractivity contribution in [3.63, 3.8) is 0 Å². The molecular weight excluding hydrogens is 292 g/mol. The second kappa shape index (κ2) is 5.37. The molecule has 0 spiro atoms. The predicted octanol–water partition coefficient (Wildman–Crippen LogP) is 2.67. The van der Waals surface area contributed by atoms with Gasteiger partial charge in [-0.15, -0.1) is 10.2 Å². The lowest BCUT2D eigenvalue weighted by atomic mass is 9.77. The Bertz CT molecular complexity index is 755. The summed E-state index contributed by atoms with van der Waals surface area (Å²) in [5.41, 5.74) is 3.51. The third-order valence-electron chi connectivity index (χ3n) is 5.06. The normalized spacial score (nSPS) is 26.5. The highest BCUT2D eigenvalue weighted by atomic mass is 16.4. The summed E-state index contributed by atoms with van der Waals surface area (Å²) in [5.74, 6) is 1.59. The Balaban J connectivity index is 1.63. The minimum Gasteiger partial charge on any atom is -0.421 e. The molecule has 2 amide bonds. The van der Waals surface area contributed by atoms with E-state index >= 15 is 0 Å². The predicted molar refractivity (Wildman–Crippen MR) is 85.0 cm³/mol. The molecule has 0 radical (unpaired) electrons. The topological polar surface area (TPSA) is 80.0 Å². The van der Waals surface area contributed by atoms with Crippen LogP contribution in [-0.2, 0) is 0 Å². The van der Waals surface area contributed by atoms with Crippen molar-refractivity contribution in [2.75, 3.05) is 0 Å². The van der Waals surface area contributed by atoms with Crippen molar-refractivity contribution in [2.45, 2.75) is 51.1 Å². The number of carbonyl (C=O) groups excluding carboxylic acids is 1. The first kappa shape index (κ1) is 14.2. The Hall–Kier alpha value is -2.37. The van der Waals surface area contributed by atoms with E-state index in [4.69, 9.17) is 4.42 Å². The average Bonchev–Trinajstić information content (AvgIpc) is 3.11. The molecule has 2 aliphatic rings. The molecule has 4 rings (SSSR count). The maximum absolute atomic E-state index is 11.5. The smallest absolute Gasteiger partial charge is 0.315 e. The second-order valence-corrected chi connectivity index (χ2v) is 6.49. The highest BCUT2D eigenvalue weighted by Crippen LogP contribution is 2.38. The summed E-state index contributed by atoms with van der Waals surface area (Å²) in [6.07, 6.45) is 3.06. The Morgan fingerprint density at radius 1 is 1.13 bits per heavy atom. The molecule has 2 aromatic rings. The van der Waals surface area contributed by atoms with Crippen LogP contribution in [0.15, 0.2) is 22.6 Å². The summed E-state index contributed by atoms with van der Waals surface area (Å²) in [5, 5.41) is 14.1. The molecule has 6 nitrogen and oxygen atoms in total. The van der Waals surface area contributed by atoms with Gasteiger partial charge in [0, 0.05) is 12.5 Å². The van der Waals surface area contributed by atoms with Crippen LogP contribution in [0.2, 0.25) is 0 Å². The number of urea groups is 1. The van der Waals surface area contributed by atoms with Crippen LogP contribution in [0, 0.1) is 13.8 Å². The van der Waals surface area contributed by atoms with E-state index in [-0.39, 0.29) is 18.1 Å². The van der Waals surface area contributed by atoms with Gasteiger partial charge in [-0.1, -0.05) is 12.1 Å². The van der Waals surface area contributed by atoms with Gasteiger partial charge in [-0.2, -0.15) is 0 Å². The standard InChI is InChI=1S/C17H20N4O2/c1-9-12(4-3-5-13(9)16-21-20-10(2)23-16)11-6-7-14-15(8-11)19-17(22)18-14/h3-5,11,14-15H,6-8H2,1-2H3,(H2,18,19,22). The van der Waals surface area contributed by atoms with Crippen molar-refractivity contribution in [3.05, 3.63) is 35.2 Å². The fraction of sp³-hybridized carbons (Fsp3) is 0.471. The van der Waals surface area contributed by atoms with E-state index in [0.29, 0.717) is 17.7 Å². The summed E-state index contributed by atoms with van der Waals surface area (Å²) < 4.78 is 5.59. The zero-order valence-corrected chi connectivity index (χ0v) is 13.3. The molecular formula is C17H20N4O2. The van der Waals surface area contributed by atoms with Crippen LogP contribution in [0.25, 0.3) is 11.5 Å². The van der Waals surface area contributed by atoms with Gasteiger partial charge in [0.2, 0.25) is 11.8 Å². The van der Waals surface area contributed by atoms with Gasteiger partial charge in [-0.25, -0.2) is 4.79 Å². The zero-order chi connectivity index (χ0) is 16.0. The fourth-order valence-corrected chi connectivity index (χ4v) is 3.90. The van der Waals surface area contributed by atoms with Gasteiger partial charge in [0.25, 0.3) is 0 Å². The minimum atomic E-state index is -0.0348. The maximum atomic E-state index is 11.5. The molecule has 1 aromatic carbocycles. The van der Waals surface area contributed by atoms with Gasteiger partial charge >= 0.3 is 6.03 Å². The second-order valence-electron chi connectivity index (χ2n) is 6.49. The number of fused-ring (bicyclic) bond motifs is 1. The molecule has 2 fully saturated rings. The summed E-state index contributed by atoms with van der Waals surface area (Å²) >= 11 is 0. The third kappa shape index (κ3) is 2.48. The molecule has 3 atom stereocenters. The highest BCUT2D eigenvalue weighted by molar-refractivity contribution is 5.77. The van der Waals surface area contributed by atoms with Crippen molar-refractivity contribution >= 4 is 6.03 Å². The summed E-state index contributed by atoms with van der Waals surface area (Å²) in [7, 11) is 0. The van der Waals surface area contributed by atoms with E-state index in [1.165, 1.54) is 11.1 Å². The molecule has 2 N–H and O–H groups in total. The fourth-order valence-electron chi connectivity index (χ4n) is 3.90. The van der Waals surface area contributed by atoms with Crippen LogP contribution in [0.5, 0.6) is 0 Å². The first-order valence-corrected chi connectivity index (χ1v) is 8.09. The van der Waals surface area contributed by atoms with E-state index in [1.807, 2.05) is 6.07 Å². The number of carbonyl (C=O) groups is 1. The number of aryl methyl sites for hydroxylation is 1.